The summed E-state index contributed by atoms with van der Waals surface area (Å²) in [5, 5.41) is 0. The highest BCUT2D eigenvalue weighted by molar-refractivity contribution is 5.70. The molecule has 2 N–H and O–H groups in total. The van der Waals surface area contributed by atoms with Gasteiger partial charge in [-0.1, -0.05) is 18.2 Å². The van der Waals surface area contributed by atoms with Crippen LogP contribution >= 0.6 is 0 Å². The molecule has 0 aliphatic heterocycles. The van der Waals surface area contributed by atoms with Gasteiger partial charge < -0.3 is 10.5 Å². The maximum absolute atomic E-state index is 5.52. The first-order valence-corrected chi connectivity index (χ1v) is 4.22. The fourth-order valence-electron chi connectivity index (χ4n) is 1.21. The molecule has 1 aromatic carbocycles. The van der Waals surface area contributed by atoms with Crippen molar-refractivity contribution in [3.8, 4) is 5.75 Å². The number of hydrogen-bond acceptors (Lipinski definition) is 2. The molecule has 1 rings (SSSR count). The average molecular weight is 177 g/mol. The highest BCUT2D eigenvalue weighted by Gasteiger charge is 2.04. The highest BCUT2D eigenvalue weighted by atomic mass is 16.5. The second kappa shape index (κ2) is 4.10. The van der Waals surface area contributed by atoms with Crippen molar-refractivity contribution in [2.45, 2.75) is 6.92 Å². The Hall–Kier alpha value is -1.28. The van der Waals surface area contributed by atoms with E-state index >= 15 is 0 Å². The molecule has 1 aromatic rings. The summed E-state index contributed by atoms with van der Waals surface area (Å²) >= 11 is 0. The van der Waals surface area contributed by atoms with E-state index in [0.717, 1.165) is 16.9 Å². The average Bonchev–Trinajstić information content (AvgIpc) is 2.16. The number of benzene rings is 1. The lowest BCUT2D eigenvalue weighted by Gasteiger charge is -2.10. The predicted octanol–water partition coefficient (Wildman–Crippen LogP) is 1.98. The fraction of sp³-hybridized carbons (Fsp3) is 0.273. The maximum atomic E-state index is 5.52. The summed E-state index contributed by atoms with van der Waals surface area (Å²) in [7, 11) is 1.65. The van der Waals surface area contributed by atoms with E-state index in [2.05, 4.69) is 6.58 Å². The normalized spacial score (nSPS) is 9.77. The molecule has 0 saturated carbocycles. The lowest BCUT2D eigenvalue weighted by Crippen LogP contribution is -2.02. The van der Waals surface area contributed by atoms with Crippen LogP contribution < -0.4 is 10.5 Å². The van der Waals surface area contributed by atoms with Crippen molar-refractivity contribution in [3.05, 3.63) is 35.9 Å². The third-order valence-corrected chi connectivity index (χ3v) is 1.98. The van der Waals surface area contributed by atoms with Gasteiger partial charge in [-0.3, -0.25) is 0 Å². The van der Waals surface area contributed by atoms with Gasteiger partial charge in [0.15, 0.2) is 0 Å². The quantitative estimate of drug-likeness (QED) is 0.766. The van der Waals surface area contributed by atoms with Crippen molar-refractivity contribution >= 4 is 5.57 Å². The van der Waals surface area contributed by atoms with Gasteiger partial charge >= 0.3 is 0 Å². The topological polar surface area (TPSA) is 35.2 Å². The van der Waals surface area contributed by atoms with Gasteiger partial charge in [0.05, 0.1) is 7.11 Å². The predicted molar refractivity (Wildman–Crippen MR) is 55.8 cm³/mol. The fourth-order valence-corrected chi connectivity index (χ4v) is 1.21. The molecule has 0 saturated heterocycles. The smallest absolute Gasteiger partial charge is 0.126 e. The Bertz CT molecular complexity index is 318. The van der Waals surface area contributed by atoms with Crippen LogP contribution in [0, 0.1) is 6.92 Å². The zero-order valence-electron chi connectivity index (χ0n) is 8.13. The summed E-state index contributed by atoms with van der Waals surface area (Å²) in [6.45, 7) is 6.38. The van der Waals surface area contributed by atoms with Crippen LogP contribution in [-0.4, -0.2) is 13.7 Å². The molecule has 0 unspecified atom stereocenters. The second-order valence-electron chi connectivity index (χ2n) is 3.01. The Kier molecular flexibility index (Phi) is 3.09. The zero-order valence-corrected chi connectivity index (χ0v) is 8.13. The van der Waals surface area contributed by atoms with Crippen molar-refractivity contribution in [1.29, 1.82) is 0 Å². The monoisotopic (exact) mass is 177 g/mol. The molecule has 70 valence electrons. The number of aryl methyl sites for hydroxylation is 1. The SMILES string of the molecule is C=C(CN)c1cc(C)ccc1OC. The second-order valence-corrected chi connectivity index (χ2v) is 3.01. The van der Waals surface area contributed by atoms with Crippen molar-refractivity contribution in [2.75, 3.05) is 13.7 Å². The Morgan fingerprint density at radius 3 is 2.77 bits per heavy atom. The summed E-state index contributed by atoms with van der Waals surface area (Å²) < 4.78 is 5.21. The number of hydrogen-bond donors (Lipinski definition) is 1. The van der Waals surface area contributed by atoms with Gasteiger partial charge in [0.2, 0.25) is 0 Å². The van der Waals surface area contributed by atoms with Gasteiger partial charge in [-0.05, 0) is 24.6 Å². The number of rotatable bonds is 3. The van der Waals surface area contributed by atoms with Crippen molar-refractivity contribution in [2.24, 2.45) is 5.73 Å². The van der Waals surface area contributed by atoms with E-state index in [0.29, 0.717) is 6.54 Å². The van der Waals surface area contributed by atoms with Gasteiger partial charge in [-0.2, -0.15) is 0 Å². The third-order valence-electron chi connectivity index (χ3n) is 1.98. The van der Waals surface area contributed by atoms with E-state index in [1.165, 1.54) is 5.56 Å². The molecule has 0 radical (unpaired) electrons. The lowest BCUT2D eigenvalue weighted by molar-refractivity contribution is 0.413. The number of methoxy groups -OCH3 is 1. The molecular formula is C11H15NO. The minimum Gasteiger partial charge on any atom is -0.496 e. The Morgan fingerprint density at radius 2 is 2.23 bits per heavy atom. The molecule has 0 aliphatic rings. The van der Waals surface area contributed by atoms with Crippen LogP contribution in [0.4, 0.5) is 0 Å². The molecule has 0 heterocycles. The van der Waals surface area contributed by atoms with Gasteiger partial charge in [0.1, 0.15) is 5.75 Å². The molecule has 0 amide bonds. The van der Waals surface area contributed by atoms with Crippen LogP contribution in [0.5, 0.6) is 5.75 Å². The highest BCUT2D eigenvalue weighted by Crippen LogP contribution is 2.25. The van der Waals surface area contributed by atoms with Crippen molar-refractivity contribution < 1.29 is 4.74 Å². The minimum atomic E-state index is 0.458. The number of nitrogens with two attached hydrogens (primary N) is 1. The van der Waals surface area contributed by atoms with Gasteiger partial charge in [0, 0.05) is 12.1 Å². The zero-order chi connectivity index (χ0) is 9.84. The Morgan fingerprint density at radius 1 is 1.54 bits per heavy atom. The minimum absolute atomic E-state index is 0.458. The molecule has 0 atom stereocenters. The van der Waals surface area contributed by atoms with Gasteiger partial charge in [0.25, 0.3) is 0 Å². The largest absolute Gasteiger partial charge is 0.496 e. The van der Waals surface area contributed by atoms with Crippen LogP contribution in [0.3, 0.4) is 0 Å². The van der Waals surface area contributed by atoms with E-state index in [1.54, 1.807) is 7.11 Å². The summed E-state index contributed by atoms with van der Waals surface area (Å²) in [5.41, 5.74) is 8.62. The molecule has 0 aromatic heterocycles. The lowest BCUT2D eigenvalue weighted by atomic mass is 10.0. The molecule has 0 bridgehead atoms. The first-order chi connectivity index (χ1) is 6.19. The summed E-state index contributed by atoms with van der Waals surface area (Å²) in [6, 6.07) is 5.98. The maximum Gasteiger partial charge on any atom is 0.126 e. The van der Waals surface area contributed by atoms with Gasteiger partial charge in [-0.25, -0.2) is 0 Å². The van der Waals surface area contributed by atoms with E-state index in [4.69, 9.17) is 10.5 Å². The summed E-state index contributed by atoms with van der Waals surface area (Å²) in [5.74, 6) is 0.834. The van der Waals surface area contributed by atoms with Crippen LogP contribution in [-0.2, 0) is 0 Å². The van der Waals surface area contributed by atoms with E-state index in [9.17, 15) is 0 Å². The van der Waals surface area contributed by atoms with E-state index in [-0.39, 0.29) is 0 Å². The van der Waals surface area contributed by atoms with Crippen LogP contribution in [0.1, 0.15) is 11.1 Å². The molecule has 13 heavy (non-hydrogen) atoms. The Balaban J connectivity index is 3.15. The van der Waals surface area contributed by atoms with Gasteiger partial charge in [-0.15, -0.1) is 0 Å². The summed E-state index contributed by atoms with van der Waals surface area (Å²) in [6.07, 6.45) is 0. The van der Waals surface area contributed by atoms with E-state index in [1.807, 2.05) is 25.1 Å². The van der Waals surface area contributed by atoms with Crippen LogP contribution in [0.15, 0.2) is 24.8 Å². The van der Waals surface area contributed by atoms with Crippen molar-refractivity contribution in [3.63, 3.8) is 0 Å². The molecule has 2 nitrogen and oxygen atoms in total. The van der Waals surface area contributed by atoms with Crippen LogP contribution in [0.25, 0.3) is 5.57 Å². The standard InChI is InChI=1S/C11H15NO/c1-8-4-5-11(13-3)10(6-8)9(2)7-12/h4-6H,2,7,12H2,1,3H3. The number of ether oxygens (including phenoxy) is 1. The van der Waals surface area contributed by atoms with Crippen LogP contribution in [0.2, 0.25) is 0 Å². The molecule has 0 fully saturated rings. The molecule has 2 heteroatoms. The molecule has 0 spiro atoms. The molecule has 0 aliphatic carbocycles. The van der Waals surface area contributed by atoms with E-state index < -0.39 is 0 Å². The summed E-state index contributed by atoms with van der Waals surface area (Å²) in [4.78, 5) is 0. The Labute approximate surface area is 79.0 Å². The first-order valence-electron chi connectivity index (χ1n) is 4.22. The third kappa shape index (κ3) is 2.10. The molecular weight excluding hydrogens is 162 g/mol. The van der Waals surface area contributed by atoms with Crippen molar-refractivity contribution in [1.82, 2.24) is 0 Å². The first kappa shape index (κ1) is 9.81.